The van der Waals surface area contributed by atoms with Crippen LogP contribution in [0.5, 0.6) is 0 Å². The Kier molecular flexibility index (Phi) is 3.75. The molecule has 0 radical (unpaired) electrons. The van der Waals surface area contributed by atoms with Crippen molar-refractivity contribution in [2.24, 2.45) is 5.92 Å². The molecule has 6 heteroatoms. The topological polar surface area (TPSA) is 83.9 Å². The van der Waals surface area contributed by atoms with E-state index in [-0.39, 0.29) is 19.1 Å². The quantitative estimate of drug-likeness (QED) is 0.555. The third-order valence-electron chi connectivity index (χ3n) is 3.19. The summed E-state index contributed by atoms with van der Waals surface area (Å²) in [6.07, 6.45) is 0.435. The molecule has 0 saturated carbocycles. The predicted molar refractivity (Wildman–Crippen MR) is 58.2 cm³/mol. The highest BCUT2D eigenvalue weighted by Gasteiger charge is 2.49. The summed E-state index contributed by atoms with van der Waals surface area (Å²) in [7, 11) is 0. The molecule has 0 aromatic carbocycles. The number of ether oxygens (including phenoxy) is 1. The van der Waals surface area contributed by atoms with Crippen LogP contribution in [0.1, 0.15) is 27.2 Å². The zero-order valence-electron chi connectivity index (χ0n) is 10.2. The van der Waals surface area contributed by atoms with Crippen LogP contribution in [-0.2, 0) is 19.1 Å². The standard InChI is InChI=1S/C11H17NO5/c1-4-17-10(16)7-5-6-12(11(7,2)3)8(13)9(14)15/h7H,4-6H2,1-3H3,(H,14,15). The number of carbonyl (C=O) groups excluding carboxylic acids is 2. The molecule has 1 atom stereocenters. The van der Waals surface area contributed by atoms with E-state index in [0.717, 1.165) is 0 Å². The molecule has 0 spiro atoms. The second-order valence-electron chi connectivity index (χ2n) is 4.51. The smallest absolute Gasteiger partial charge is 0.394 e. The SMILES string of the molecule is CCOC(=O)C1CCN(C(=O)C(=O)O)C1(C)C. The van der Waals surface area contributed by atoms with Crippen LogP contribution in [0.2, 0.25) is 0 Å². The lowest BCUT2D eigenvalue weighted by Gasteiger charge is -2.33. The lowest BCUT2D eigenvalue weighted by atomic mass is 9.88. The molecule has 17 heavy (non-hydrogen) atoms. The summed E-state index contributed by atoms with van der Waals surface area (Å²) in [5.74, 6) is -3.31. The second kappa shape index (κ2) is 4.73. The maximum atomic E-state index is 11.7. The summed E-state index contributed by atoms with van der Waals surface area (Å²) in [6, 6.07) is 0. The van der Waals surface area contributed by atoms with Crippen LogP contribution in [0.4, 0.5) is 0 Å². The first-order chi connectivity index (χ1) is 7.82. The fraction of sp³-hybridized carbons (Fsp3) is 0.727. The van der Waals surface area contributed by atoms with Gasteiger partial charge in [-0.25, -0.2) is 4.79 Å². The Morgan fingerprint density at radius 2 is 2.00 bits per heavy atom. The van der Waals surface area contributed by atoms with Gasteiger partial charge in [0, 0.05) is 6.54 Å². The zero-order valence-corrected chi connectivity index (χ0v) is 10.2. The number of carboxylic acids is 1. The van der Waals surface area contributed by atoms with E-state index < -0.39 is 23.3 Å². The van der Waals surface area contributed by atoms with Gasteiger partial charge >= 0.3 is 17.8 Å². The molecule has 1 rings (SSSR count). The number of hydrogen-bond donors (Lipinski definition) is 1. The molecule has 1 amide bonds. The molecule has 0 aliphatic carbocycles. The van der Waals surface area contributed by atoms with Gasteiger partial charge in [-0.15, -0.1) is 0 Å². The lowest BCUT2D eigenvalue weighted by Crippen LogP contribution is -2.50. The summed E-state index contributed by atoms with van der Waals surface area (Å²) >= 11 is 0. The third-order valence-corrected chi connectivity index (χ3v) is 3.19. The minimum absolute atomic E-state index is 0.265. The highest BCUT2D eigenvalue weighted by Crippen LogP contribution is 2.35. The van der Waals surface area contributed by atoms with Crippen LogP contribution in [0.15, 0.2) is 0 Å². The number of carboxylic acid groups (broad SMARTS) is 1. The van der Waals surface area contributed by atoms with E-state index in [0.29, 0.717) is 6.42 Å². The Bertz CT molecular complexity index is 350. The summed E-state index contributed by atoms with van der Waals surface area (Å²) in [6.45, 7) is 5.62. The monoisotopic (exact) mass is 243 g/mol. The van der Waals surface area contributed by atoms with E-state index in [1.807, 2.05) is 0 Å². The molecule has 1 aliphatic heterocycles. The molecule has 1 saturated heterocycles. The van der Waals surface area contributed by atoms with Crippen molar-refractivity contribution in [3.05, 3.63) is 0 Å². The summed E-state index contributed by atoms with van der Waals surface area (Å²) in [5.41, 5.74) is -0.818. The molecule has 6 nitrogen and oxygen atoms in total. The van der Waals surface area contributed by atoms with Crippen LogP contribution in [-0.4, -0.2) is 46.5 Å². The molecule has 1 unspecified atom stereocenters. The van der Waals surface area contributed by atoms with Gasteiger partial charge in [0.25, 0.3) is 0 Å². The maximum absolute atomic E-state index is 11.7. The molecule has 1 aliphatic rings. The van der Waals surface area contributed by atoms with Crippen molar-refractivity contribution in [3.63, 3.8) is 0 Å². The van der Waals surface area contributed by atoms with Crippen molar-refractivity contribution >= 4 is 17.8 Å². The van der Waals surface area contributed by atoms with Crippen molar-refractivity contribution < 1.29 is 24.2 Å². The highest BCUT2D eigenvalue weighted by molar-refractivity contribution is 6.31. The number of amides is 1. The van der Waals surface area contributed by atoms with Crippen molar-refractivity contribution in [1.82, 2.24) is 4.90 Å². The average Bonchev–Trinajstić information content (AvgIpc) is 2.52. The Labute approximate surface area is 99.5 Å². The number of nitrogens with zero attached hydrogens (tertiary/aromatic N) is 1. The third kappa shape index (κ3) is 2.40. The summed E-state index contributed by atoms with van der Waals surface area (Å²) in [4.78, 5) is 35.0. The van der Waals surface area contributed by atoms with Crippen LogP contribution in [0.3, 0.4) is 0 Å². The van der Waals surface area contributed by atoms with Gasteiger partial charge < -0.3 is 14.7 Å². The van der Waals surface area contributed by atoms with E-state index >= 15 is 0 Å². The van der Waals surface area contributed by atoms with Gasteiger partial charge in [-0.05, 0) is 27.2 Å². The first-order valence-corrected chi connectivity index (χ1v) is 5.53. The minimum Gasteiger partial charge on any atom is -0.474 e. The minimum atomic E-state index is -1.50. The molecule has 1 heterocycles. The van der Waals surface area contributed by atoms with E-state index in [1.54, 1.807) is 20.8 Å². The van der Waals surface area contributed by atoms with Crippen LogP contribution in [0, 0.1) is 5.92 Å². The van der Waals surface area contributed by atoms with Crippen molar-refractivity contribution in [1.29, 1.82) is 0 Å². The molecular formula is C11H17NO5. The number of hydrogen-bond acceptors (Lipinski definition) is 4. The number of aliphatic carboxylic acids is 1. The van der Waals surface area contributed by atoms with E-state index in [4.69, 9.17) is 9.84 Å². The summed E-state index contributed by atoms with van der Waals surface area (Å²) < 4.78 is 4.93. The Balaban J connectivity index is 2.86. The van der Waals surface area contributed by atoms with Gasteiger partial charge in [-0.3, -0.25) is 9.59 Å². The zero-order chi connectivity index (χ0) is 13.2. The number of carbonyl (C=O) groups is 3. The largest absolute Gasteiger partial charge is 0.474 e. The Hall–Kier alpha value is -1.59. The van der Waals surface area contributed by atoms with Gasteiger partial charge in [0.2, 0.25) is 0 Å². The Morgan fingerprint density at radius 1 is 1.41 bits per heavy atom. The number of esters is 1. The molecule has 1 N–H and O–H groups in total. The molecular weight excluding hydrogens is 226 g/mol. The van der Waals surface area contributed by atoms with Crippen LogP contribution >= 0.6 is 0 Å². The molecule has 0 aromatic heterocycles. The maximum Gasteiger partial charge on any atom is 0.394 e. The van der Waals surface area contributed by atoms with Gasteiger partial charge in [-0.1, -0.05) is 0 Å². The average molecular weight is 243 g/mol. The van der Waals surface area contributed by atoms with Crippen molar-refractivity contribution in [3.8, 4) is 0 Å². The number of likely N-dealkylation sites (tertiary alicyclic amines) is 1. The van der Waals surface area contributed by atoms with E-state index in [1.165, 1.54) is 4.90 Å². The highest BCUT2D eigenvalue weighted by atomic mass is 16.5. The predicted octanol–water partition coefficient (Wildman–Crippen LogP) is 0.261. The van der Waals surface area contributed by atoms with Crippen molar-refractivity contribution in [2.45, 2.75) is 32.7 Å². The normalized spacial score (nSPS) is 22.3. The van der Waals surface area contributed by atoms with Crippen molar-refractivity contribution in [2.75, 3.05) is 13.2 Å². The molecule has 1 fully saturated rings. The van der Waals surface area contributed by atoms with Crippen LogP contribution < -0.4 is 0 Å². The Morgan fingerprint density at radius 3 is 2.47 bits per heavy atom. The molecule has 0 bridgehead atoms. The van der Waals surface area contributed by atoms with Gasteiger partial charge in [0.1, 0.15) is 0 Å². The first-order valence-electron chi connectivity index (χ1n) is 5.53. The van der Waals surface area contributed by atoms with E-state index in [9.17, 15) is 14.4 Å². The molecule has 96 valence electrons. The van der Waals surface area contributed by atoms with Gasteiger partial charge in [-0.2, -0.15) is 0 Å². The lowest BCUT2D eigenvalue weighted by molar-refractivity contribution is -0.160. The fourth-order valence-electron chi connectivity index (χ4n) is 2.22. The summed E-state index contributed by atoms with van der Waals surface area (Å²) in [5, 5.41) is 8.70. The van der Waals surface area contributed by atoms with E-state index in [2.05, 4.69) is 0 Å². The van der Waals surface area contributed by atoms with Gasteiger partial charge in [0.05, 0.1) is 18.1 Å². The van der Waals surface area contributed by atoms with Gasteiger partial charge in [0.15, 0.2) is 0 Å². The second-order valence-corrected chi connectivity index (χ2v) is 4.51. The fourth-order valence-corrected chi connectivity index (χ4v) is 2.22. The number of rotatable bonds is 2. The molecule has 0 aromatic rings. The first kappa shape index (κ1) is 13.5. The van der Waals surface area contributed by atoms with Crippen LogP contribution in [0.25, 0.3) is 0 Å².